The average molecular weight is 264 g/mol. The van der Waals surface area contributed by atoms with Crippen LogP contribution in [0.1, 0.15) is 6.42 Å². The molecule has 0 aliphatic carbocycles. The molecule has 1 aromatic rings. The van der Waals surface area contributed by atoms with Crippen LogP contribution < -0.4 is 15.4 Å². The number of ether oxygens (including phenoxy) is 1. The lowest BCUT2D eigenvalue weighted by Gasteiger charge is -2.14. The van der Waals surface area contributed by atoms with Crippen LogP contribution in [-0.4, -0.2) is 32.1 Å². The van der Waals surface area contributed by atoms with E-state index in [9.17, 15) is 9.18 Å². The van der Waals surface area contributed by atoms with Crippen molar-refractivity contribution in [3.05, 3.63) is 41.7 Å². The molecule has 1 amide bonds. The minimum absolute atomic E-state index is 0.0584. The summed E-state index contributed by atoms with van der Waals surface area (Å²) in [5.74, 6) is -0.0176. The number of hydrogen-bond acceptors (Lipinski definition) is 3. The van der Waals surface area contributed by atoms with Gasteiger partial charge in [-0.1, -0.05) is 11.6 Å². The summed E-state index contributed by atoms with van der Waals surface area (Å²) in [6.07, 6.45) is 3.05. The van der Waals surface area contributed by atoms with Gasteiger partial charge in [-0.15, -0.1) is 0 Å². The first kappa shape index (κ1) is 13.5. The lowest BCUT2D eigenvalue weighted by molar-refractivity contribution is -0.122. The van der Waals surface area contributed by atoms with E-state index in [1.165, 1.54) is 29.8 Å². The predicted octanol–water partition coefficient (Wildman–Crippen LogP) is 1.24. The number of carbonyl (C=O) groups excluding carboxylic acids is 1. The van der Waals surface area contributed by atoms with Crippen molar-refractivity contribution in [3.8, 4) is 5.75 Å². The van der Waals surface area contributed by atoms with Gasteiger partial charge in [-0.25, -0.2) is 4.39 Å². The molecule has 19 heavy (non-hydrogen) atoms. The highest BCUT2D eigenvalue weighted by atomic mass is 19.1. The molecule has 0 bridgehead atoms. The van der Waals surface area contributed by atoms with Gasteiger partial charge in [0.1, 0.15) is 11.6 Å². The number of carbonyl (C=O) groups is 1. The maximum Gasteiger partial charge on any atom is 0.258 e. The summed E-state index contributed by atoms with van der Waals surface area (Å²) < 4.78 is 17.9. The molecule has 0 spiro atoms. The Bertz CT molecular complexity index is 457. The largest absolute Gasteiger partial charge is 0.484 e. The van der Waals surface area contributed by atoms with Gasteiger partial charge in [0.05, 0.1) is 0 Å². The molecule has 102 valence electrons. The molecule has 1 heterocycles. The van der Waals surface area contributed by atoms with E-state index in [-0.39, 0.29) is 18.3 Å². The summed E-state index contributed by atoms with van der Waals surface area (Å²) in [6, 6.07) is 5.59. The first-order valence-electron chi connectivity index (χ1n) is 6.28. The summed E-state index contributed by atoms with van der Waals surface area (Å²) >= 11 is 0. The summed E-state index contributed by atoms with van der Waals surface area (Å²) in [5, 5.41) is 6.01. The number of nitrogens with one attached hydrogen (secondary N) is 2. The van der Waals surface area contributed by atoms with Crippen molar-refractivity contribution in [3.63, 3.8) is 0 Å². The topological polar surface area (TPSA) is 50.4 Å². The predicted molar refractivity (Wildman–Crippen MR) is 70.5 cm³/mol. The molecule has 5 heteroatoms. The van der Waals surface area contributed by atoms with E-state index in [1.54, 1.807) is 0 Å². The first-order valence-corrected chi connectivity index (χ1v) is 6.28. The second-order valence-corrected chi connectivity index (χ2v) is 4.34. The fourth-order valence-corrected chi connectivity index (χ4v) is 1.77. The Hall–Kier alpha value is -1.88. The summed E-state index contributed by atoms with van der Waals surface area (Å²) in [7, 11) is 0. The highest BCUT2D eigenvalue weighted by Crippen LogP contribution is 2.10. The van der Waals surface area contributed by atoms with Crippen LogP contribution in [0.15, 0.2) is 35.9 Å². The van der Waals surface area contributed by atoms with Crippen molar-refractivity contribution in [1.29, 1.82) is 0 Å². The monoisotopic (exact) mass is 264 g/mol. The van der Waals surface area contributed by atoms with Gasteiger partial charge in [0, 0.05) is 13.1 Å². The Morgan fingerprint density at radius 1 is 1.37 bits per heavy atom. The van der Waals surface area contributed by atoms with E-state index in [4.69, 9.17) is 4.74 Å². The van der Waals surface area contributed by atoms with Gasteiger partial charge in [0.25, 0.3) is 5.91 Å². The van der Waals surface area contributed by atoms with Crippen molar-refractivity contribution in [2.24, 2.45) is 0 Å². The Labute approximate surface area is 111 Å². The zero-order chi connectivity index (χ0) is 13.5. The van der Waals surface area contributed by atoms with Gasteiger partial charge < -0.3 is 15.4 Å². The van der Waals surface area contributed by atoms with Crippen molar-refractivity contribution in [2.45, 2.75) is 6.42 Å². The van der Waals surface area contributed by atoms with Crippen LogP contribution in [0, 0.1) is 5.82 Å². The zero-order valence-corrected chi connectivity index (χ0v) is 10.6. The van der Waals surface area contributed by atoms with E-state index in [0.717, 1.165) is 19.5 Å². The smallest absolute Gasteiger partial charge is 0.258 e. The van der Waals surface area contributed by atoms with Crippen molar-refractivity contribution >= 4 is 5.91 Å². The highest BCUT2D eigenvalue weighted by Gasteiger charge is 2.06. The van der Waals surface area contributed by atoms with Crippen molar-refractivity contribution in [1.82, 2.24) is 10.6 Å². The van der Waals surface area contributed by atoms with E-state index in [1.807, 2.05) is 0 Å². The number of halogens is 1. The second kappa shape index (κ2) is 6.89. The Balaban J connectivity index is 1.69. The molecule has 0 unspecified atom stereocenters. The normalized spacial score (nSPS) is 14.7. The Morgan fingerprint density at radius 3 is 2.84 bits per heavy atom. The molecule has 1 aliphatic rings. The summed E-state index contributed by atoms with van der Waals surface area (Å²) in [5.41, 5.74) is 1.23. The first-order chi connectivity index (χ1) is 9.24. The molecule has 1 aromatic carbocycles. The third-order valence-corrected chi connectivity index (χ3v) is 2.85. The molecule has 0 atom stereocenters. The van der Waals surface area contributed by atoms with Gasteiger partial charge in [-0.2, -0.15) is 0 Å². The lowest BCUT2D eigenvalue weighted by atomic mass is 10.1. The fourth-order valence-electron chi connectivity index (χ4n) is 1.77. The SMILES string of the molecule is O=C(COc1ccc(F)cc1)NCC1=CCNCC1. The molecule has 0 fully saturated rings. The third-order valence-electron chi connectivity index (χ3n) is 2.85. The van der Waals surface area contributed by atoms with Crippen LogP contribution >= 0.6 is 0 Å². The molecule has 2 rings (SSSR count). The highest BCUT2D eigenvalue weighted by molar-refractivity contribution is 5.77. The molecule has 0 radical (unpaired) electrons. The molecular formula is C14H17FN2O2. The van der Waals surface area contributed by atoms with Gasteiger partial charge in [-0.3, -0.25) is 4.79 Å². The van der Waals surface area contributed by atoms with E-state index in [2.05, 4.69) is 16.7 Å². The van der Waals surface area contributed by atoms with Crippen LogP contribution in [0.3, 0.4) is 0 Å². The van der Waals surface area contributed by atoms with Gasteiger partial charge in [0.2, 0.25) is 0 Å². The number of rotatable bonds is 5. The lowest BCUT2D eigenvalue weighted by Crippen LogP contribution is -2.32. The van der Waals surface area contributed by atoms with Crippen LogP contribution in [0.4, 0.5) is 4.39 Å². The molecule has 0 saturated heterocycles. The Morgan fingerprint density at radius 2 is 2.16 bits per heavy atom. The van der Waals surface area contributed by atoms with E-state index in [0.29, 0.717) is 12.3 Å². The number of amides is 1. The quantitative estimate of drug-likeness (QED) is 0.787. The summed E-state index contributed by atoms with van der Waals surface area (Å²) in [6.45, 7) is 2.32. The molecule has 0 saturated carbocycles. The maximum absolute atomic E-state index is 12.7. The zero-order valence-electron chi connectivity index (χ0n) is 10.6. The van der Waals surface area contributed by atoms with Crippen LogP contribution in [0.2, 0.25) is 0 Å². The third kappa shape index (κ3) is 4.71. The molecule has 2 N–H and O–H groups in total. The van der Waals surface area contributed by atoms with E-state index < -0.39 is 0 Å². The number of hydrogen-bond donors (Lipinski definition) is 2. The van der Waals surface area contributed by atoms with Crippen LogP contribution in [0.25, 0.3) is 0 Å². The van der Waals surface area contributed by atoms with Crippen molar-refractivity contribution < 1.29 is 13.9 Å². The maximum atomic E-state index is 12.7. The second-order valence-electron chi connectivity index (χ2n) is 4.34. The summed E-state index contributed by atoms with van der Waals surface area (Å²) in [4.78, 5) is 11.6. The van der Waals surface area contributed by atoms with Crippen molar-refractivity contribution in [2.75, 3.05) is 26.2 Å². The Kier molecular flexibility index (Phi) is 4.92. The van der Waals surface area contributed by atoms with Gasteiger partial charge >= 0.3 is 0 Å². The van der Waals surface area contributed by atoms with Gasteiger partial charge in [-0.05, 0) is 37.2 Å². The van der Waals surface area contributed by atoms with Crippen LogP contribution in [0.5, 0.6) is 5.75 Å². The molecule has 4 nitrogen and oxygen atoms in total. The minimum atomic E-state index is -0.324. The van der Waals surface area contributed by atoms with Crippen LogP contribution in [-0.2, 0) is 4.79 Å². The standard InChI is InChI=1S/C14H17FN2O2/c15-12-1-3-13(4-2-12)19-10-14(18)17-9-11-5-7-16-8-6-11/h1-5,16H,6-10H2,(H,17,18). The van der Waals surface area contributed by atoms with Gasteiger partial charge in [0.15, 0.2) is 6.61 Å². The molecule has 1 aliphatic heterocycles. The molecular weight excluding hydrogens is 247 g/mol. The van der Waals surface area contributed by atoms with E-state index >= 15 is 0 Å². The number of benzene rings is 1. The average Bonchev–Trinajstić information content (AvgIpc) is 2.45. The molecule has 0 aromatic heterocycles. The fraction of sp³-hybridized carbons (Fsp3) is 0.357. The minimum Gasteiger partial charge on any atom is -0.484 e.